The van der Waals surface area contributed by atoms with Gasteiger partial charge in [0.1, 0.15) is 4.33 Å². The minimum absolute atomic E-state index is 0.0973. The van der Waals surface area contributed by atoms with Gasteiger partial charge in [-0.3, -0.25) is 4.79 Å². The average molecular weight is 279 g/mol. The van der Waals surface area contributed by atoms with Crippen molar-refractivity contribution >= 4 is 40.7 Å². The summed E-state index contributed by atoms with van der Waals surface area (Å²) in [6, 6.07) is 7.30. The highest BCUT2D eigenvalue weighted by Crippen LogP contribution is 2.53. The number of rotatable bonds is 3. The van der Waals surface area contributed by atoms with Gasteiger partial charge in [-0.2, -0.15) is 0 Å². The molecule has 2 rings (SSSR count). The molecule has 5 heteroatoms. The van der Waals surface area contributed by atoms with Crippen LogP contribution in [0.15, 0.2) is 24.3 Å². The number of amides is 1. The van der Waals surface area contributed by atoms with Gasteiger partial charge in [0.25, 0.3) is 0 Å². The minimum atomic E-state index is -0.857. The Bertz CT molecular complexity index is 402. The zero-order valence-corrected chi connectivity index (χ0v) is 10.6. The lowest BCUT2D eigenvalue weighted by atomic mass is 10.2. The molecular weight excluding hydrogens is 268 g/mol. The molecule has 0 saturated heterocycles. The van der Waals surface area contributed by atoms with Crippen molar-refractivity contribution in [2.75, 3.05) is 0 Å². The SMILES string of the molecule is O=C(NCc1ccc(Cl)cc1)[C@H]1CC1(Cl)Cl. The lowest BCUT2D eigenvalue weighted by Crippen LogP contribution is -2.26. The predicted molar refractivity (Wildman–Crippen MR) is 65.8 cm³/mol. The Hall–Kier alpha value is -0.440. The van der Waals surface area contributed by atoms with E-state index in [1.54, 1.807) is 12.1 Å². The van der Waals surface area contributed by atoms with Crippen molar-refractivity contribution in [1.82, 2.24) is 5.32 Å². The van der Waals surface area contributed by atoms with Crippen LogP contribution in [0.5, 0.6) is 0 Å². The van der Waals surface area contributed by atoms with Gasteiger partial charge in [0.2, 0.25) is 5.91 Å². The first-order valence-electron chi connectivity index (χ1n) is 4.89. The summed E-state index contributed by atoms with van der Waals surface area (Å²) in [4.78, 5) is 11.6. The van der Waals surface area contributed by atoms with E-state index in [-0.39, 0.29) is 11.8 Å². The zero-order valence-electron chi connectivity index (χ0n) is 8.34. The van der Waals surface area contributed by atoms with E-state index in [1.165, 1.54) is 0 Å². The van der Waals surface area contributed by atoms with Crippen molar-refractivity contribution in [3.63, 3.8) is 0 Å². The Morgan fingerprint density at radius 1 is 1.38 bits per heavy atom. The summed E-state index contributed by atoms with van der Waals surface area (Å²) in [5.41, 5.74) is 0.994. The Morgan fingerprint density at radius 3 is 2.44 bits per heavy atom. The number of hydrogen-bond acceptors (Lipinski definition) is 1. The van der Waals surface area contributed by atoms with Gasteiger partial charge in [0, 0.05) is 11.6 Å². The molecule has 0 radical (unpaired) electrons. The number of alkyl halides is 2. The first-order valence-corrected chi connectivity index (χ1v) is 6.02. The van der Waals surface area contributed by atoms with E-state index >= 15 is 0 Å². The van der Waals surface area contributed by atoms with E-state index < -0.39 is 4.33 Å². The number of halogens is 3. The van der Waals surface area contributed by atoms with Gasteiger partial charge in [-0.1, -0.05) is 23.7 Å². The molecule has 0 unspecified atom stereocenters. The van der Waals surface area contributed by atoms with Crippen molar-refractivity contribution in [3.05, 3.63) is 34.9 Å². The summed E-state index contributed by atoms with van der Waals surface area (Å²) in [5.74, 6) is -0.372. The van der Waals surface area contributed by atoms with Crippen LogP contribution in [-0.2, 0) is 11.3 Å². The zero-order chi connectivity index (χ0) is 11.8. The number of nitrogens with one attached hydrogen (secondary N) is 1. The summed E-state index contributed by atoms with van der Waals surface area (Å²) in [5, 5.41) is 3.46. The molecule has 0 spiro atoms. The van der Waals surface area contributed by atoms with Crippen molar-refractivity contribution in [2.45, 2.75) is 17.3 Å². The fraction of sp³-hybridized carbons (Fsp3) is 0.364. The molecule has 0 bridgehead atoms. The number of carbonyl (C=O) groups is 1. The molecule has 1 aromatic carbocycles. The highest BCUT2D eigenvalue weighted by atomic mass is 35.5. The largest absolute Gasteiger partial charge is 0.352 e. The third-order valence-corrected chi connectivity index (χ3v) is 3.61. The van der Waals surface area contributed by atoms with Gasteiger partial charge in [0.15, 0.2) is 0 Å². The molecule has 0 aromatic heterocycles. The molecule has 1 aliphatic carbocycles. The first-order chi connectivity index (χ1) is 7.49. The molecule has 1 aromatic rings. The molecule has 1 amide bonds. The minimum Gasteiger partial charge on any atom is -0.352 e. The average Bonchev–Trinajstić information content (AvgIpc) is 2.87. The Morgan fingerprint density at radius 2 is 1.94 bits per heavy atom. The van der Waals surface area contributed by atoms with Gasteiger partial charge in [0.05, 0.1) is 5.92 Å². The second-order valence-electron chi connectivity index (χ2n) is 3.86. The van der Waals surface area contributed by atoms with E-state index in [9.17, 15) is 4.79 Å². The molecule has 1 N–H and O–H groups in total. The van der Waals surface area contributed by atoms with Gasteiger partial charge >= 0.3 is 0 Å². The fourth-order valence-corrected chi connectivity index (χ4v) is 2.05. The van der Waals surface area contributed by atoms with Crippen LogP contribution in [-0.4, -0.2) is 10.2 Å². The lowest BCUT2D eigenvalue weighted by Gasteiger charge is -2.05. The van der Waals surface area contributed by atoms with E-state index in [0.29, 0.717) is 18.0 Å². The standard InChI is InChI=1S/C11H10Cl3NO/c12-8-3-1-7(2-4-8)6-15-10(16)9-5-11(9,13)14/h1-4,9H,5-6H2,(H,15,16)/t9-/m1/s1. The summed E-state index contributed by atoms with van der Waals surface area (Å²) in [7, 11) is 0. The summed E-state index contributed by atoms with van der Waals surface area (Å²) in [6.45, 7) is 0.469. The maximum absolute atomic E-state index is 11.6. The van der Waals surface area contributed by atoms with Crippen LogP contribution in [0.3, 0.4) is 0 Å². The van der Waals surface area contributed by atoms with E-state index in [0.717, 1.165) is 5.56 Å². The number of benzene rings is 1. The quantitative estimate of drug-likeness (QED) is 0.846. The topological polar surface area (TPSA) is 29.1 Å². The smallest absolute Gasteiger partial charge is 0.226 e. The van der Waals surface area contributed by atoms with Crippen LogP contribution in [0, 0.1) is 5.92 Å². The molecule has 2 nitrogen and oxygen atoms in total. The Balaban J connectivity index is 1.84. The molecule has 86 valence electrons. The van der Waals surface area contributed by atoms with Gasteiger partial charge in [-0.25, -0.2) is 0 Å². The van der Waals surface area contributed by atoms with Crippen molar-refractivity contribution in [1.29, 1.82) is 0 Å². The molecule has 1 aliphatic rings. The second kappa shape index (κ2) is 4.44. The van der Waals surface area contributed by atoms with Crippen LogP contribution < -0.4 is 5.32 Å². The summed E-state index contributed by atoms with van der Waals surface area (Å²) >= 11 is 17.3. The lowest BCUT2D eigenvalue weighted by molar-refractivity contribution is -0.122. The van der Waals surface area contributed by atoms with Crippen molar-refractivity contribution in [2.24, 2.45) is 5.92 Å². The van der Waals surface area contributed by atoms with Crippen LogP contribution in [0.4, 0.5) is 0 Å². The molecule has 1 saturated carbocycles. The van der Waals surface area contributed by atoms with Crippen LogP contribution in [0.2, 0.25) is 5.02 Å². The normalized spacial score (nSPS) is 21.6. The summed E-state index contributed by atoms with van der Waals surface area (Å²) < 4.78 is -0.857. The number of hydrogen-bond donors (Lipinski definition) is 1. The molecule has 1 fully saturated rings. The number of carbonyl (C=O) groups excluding carboxylic acids is 1. The van der Waals surface area contributed by atoms with Crippen LogP contribution >= 0.6 is 34.8 Å². The fourth-order valence-electron chi connectivity index (χ4n) is 1.41. The van der Waals surface area contributed by atoms with Crippen molar-refractivity contribution < 1.29 is 4.79 Å². The van der Waals surface area contributed by atoms with Crippen molar-refractivity contribution in [3.8, 4) is 0 Å². The van der Waals surface area contributed by atoms with Gasteiger partial charge < -0.3 is 5.32 Å². The molecule has 0 heterocycles. The molecular formula is C11H10Cl3NO. The Kier molecular flexibility index (Phi) is 3.34. The molecule has 16 heavy (non-hydrogen) atoms. The highest BCUT2D eigenvalue weighted by Gasteiger charge is 2.56. The highest BCUT2D eigenvalue weighted by molar-refractivity contribution is 6.52. The maximum atomic E-state index is 11.6. The maximum Gasteiger partial charge on any atom is 0.226 e. The predicted octanol–water partition coefficient (Wildman–Crippen LogP) is 3.15. The van der Waals surface area contributed by atoms with Crippen LogP contribution in [0.1, 0.15) is 12.0 Å². The molecule has 0 aliphatic heterocycles. The van der Waals surface area contributed by atoms with E-state index in [2.05, 4.69) is 5.32 Å². The third-order valence-electron chi connectivity index (χ3n) is 2.52. The second-order valence-corrected chi connectivity index (χ2v) is 5.84. The van der Waals surface area contributed by atoms with E-state index in [4.69, 9.17) is 34.8 Å². The third kappa shape index (κ3) is 2.82. The van der Waals surface area contributed by atoms with E-state index in [1.807, 2.05) is 12.1 Å². The monoisotopic (exact) mass is 277 g/mol. The molecule has 1 atom stereocenters. The van der Waals surface area contributed by atoms with Gasteiger partial charge in [-0.15, -0.1) is 23.2 Å². The van der Waals surface area contributed by atoms with Gasteiger partial charge in [-0.05, 0) is 24.1 Å². The van der Waals surface area contributed by atoms with Crippen LogP contribution in [0.25, 0.3) is 0 Å². The first kappa shape index (κ1) is 12.0. The summed E-state index contributed by atoms with van der Waals surface area (Å²) in [6.07, 6.45) is 0.530. The Labute approximate surface area is 109 Å².